The monoisotopic (exact) mass is 538 g/mol. The first-order chi connectivity index (χ1) is 18.8. The number of fused-ring (bicyclic) bond motifs is 2. The zero-order valence-corrected chi connectivity index (χ0v) is 24.6. The average molecular weight is 538 g/mol. The molecule has 40 heavy (non-hydrogen) atoms. The molecule has 0 bridgehead atoms. The van der Waals surface area contributed by atoms with Crippen LogP contribution in [0.25, 0.3) is 32.9 Å². The maximum absolute atomic E-state index is 12.9. The molecule has 2 fully saturated rings. The Morgan fingerprint density at radius 2 is 1.57 bits per heavy atom. The molecule has 4 aromatic rings. The Bertz CT molecular complexity index is 1580. The van der Waals surface area contributed by atoms with Gasteiger partial charge in [0.2, 0.25) is 0 Å². The van der Waals surface area contributed by atoms with Gasteiger partial charge in [-0.25, -0.2) is 4.98 Å². The maximum atomic E-state index is 12.9. The number of nitrogens with zero attached hydrogens (tertiary/aromatic N) is 1. The number of benzene rings is 3. The summed E-state index contributed by atoms with van der Waals surface area (Å²) in [6.07, 6.45) is 2.79. The summed E-state index contributed by atoms with van der Waals surface area (Å²) in [5, 5.41) is 2.31. The molecule has 1 saturated heterocycles. The van der Waals surface area contributed by atoms with Crippen molar-refractivity contribution in [3.05, 3.63) is 60.4 Å². The highest BCUT2D eigenvalue weighted by Gasteiger charge is 2.51. The Labute approximate surface area is 237 Å². The number of esters is 1. The quantitative estimate of drug-likeness (QED) is 0.226. The first-order valence-electron chi connectivity index (χ1n) is 14.4. The van der Waals surface area contributed by atoms with E-state index in [1.165, 1.54) is 0 Å². The van der Waals surface area contributed by atoms with Crippen LogP contribution in [0.1, 0.15) is 79.5 Å². The third-order valence-electron chi connectivity index (χ3n) is 8.80. The number of aromatic nitrogens is 2. The summed E-state index contributed by atoms with van der Waals surface area (Å²) in [6, 6.07) is 19.3. The Balaban J connectivity index is 1.25. The van der Waals surface area contributed by atoms with Gasteiger partial charge in [-0.1, -0.05) is 42.8 Å². The molecule has 1 saturated carbocycles. The van der Waals surface area contributed by atoms with Gasteiger partial charge in [0.15, 0.2) is 0 Å². The minimum Gasteiger partial charge on any atom is -0.460 e. The lowest BCUT2D eigenvalue weighted by Crippen LogP contribution is -2.41. The standard InChI is InChI=1S/C33H39BN2O4/c1-31(2,3)38-30(37)26-10-8-9-25(26)29-35-27-16-14-23(19-28(27)36-29)20-11-12-22-18-24(15-13-21(22)17-20)34-39-32(4,5)33(6,7)40-34/h11-19,25-26H,8-10H2,1-7H3,(H,35,36)/t25-,26?/m1/s1. The van der Waals surface area contributed by atoms with Crippen LogP contribution in [-0.4, -0.2) is 39.9 Å². The number of carbonyl (C=O) groups is 1. The van der Waals surface area contributed by atoms with Gasteiger partial charge in [-0.2, -0.15) is 0 Å². The summed E-state index contributed by atoms with van der Waals surface area (Å²) >= 11 is 0. The van der Waals surface area contributed by atoms with E-state index in [1.807, 2.05) is 20.8 Å². The van der Waals surface area contributed by atoms with E-state index in [1.54, 1.807) is 0 Å². The normalized spacial score (nSPS) is 22.3. The summed E-state index contributed by atoms with van der Waals surface area (Å²) in [6.45, 7) is 14.1. The number of carbonyl (C=O) groups excluding carboxylic acids is 1. The molecule has 1 N–H and O–H groups in total. The second kappa shape index (κ2) is 9.46. The minimum absolute atomic E-state index is 0.0598. The number of H-pyrrole nitrogens is 1. The molecular formula is C33H39BN2O4. The lowest BCUT2D eigenvalue weighted by Gasteiger charge is -2.32. The number of ether oxygens (including phenoxy) is 1. The molecule has 1 aromatic heterocycles. The van der Waals surface area contributed by atoms with E-state index in [9.17, 15) is 4.79 Å². The lowest BCUT2D eigenvalue weighted by molar-refractivity contribution is -0.160. The molecular weight excluding hydrogens is 499 g/mol. The van der Waals surface area contributed by atoms with Crippen molar-refractivity contribution in [3.63, 3.8) is 0 Å². The Hall–Kier alpha value is -3.16. The molecule has 0 amide bonds. The van der Waals surface area contributed by atoms with E-state index in [-0.39, 0.29) is 36.1 Å². The number of rotatable bonds is 4. The SMILES string of the molecule is CC(C)(C)OC(=O)C1CCC[C@H]1c1nc2ccc(-c3ccc4cc(B5OC(C)(C)C(C)(C)O5)ccc4c3)cc2[nH]1. The first-order valence-corrected chi connectivity index (χ1v) is 14.4. The number of imidazole rings is 1. The van der Waals surface area contributed by atoms with Crippen LogP contribution < -0.4 is 5.46 Å². The second-order valence-corrected chi connectivity index (χ2v) is 13.4. The van der Waals surface area contributed by atoms with Gasteiger partial charge in [-0.3, -0.25) is 4.79 Å². The highest BCUT2D eigenvalue weighted by atomic mass is 16.7. The average Bonchev–Trinajstić information content (AvgIpc) is 3.57. The smallest absolute Gasteiger partial charge is 0.460 e. The predicted molar refractivity (Wildman–Crippen MR) is 161 cm³/mol. The summed E-state index contributed by atoms with van der Waals surface area (Å²) in [5.41, 5.74) is 3.98. The van der Waals surface area contributed by atoms with Gasteiger partial charge in [-0.15, -0.1) is 0 Å². The van der Waals surface area contributed by atoms with Crippen LogP contribution >= 0.6 is 0 Å². The summed E-state index contributed by atoms with van der Waals surface area (Å²) in [4.78, 5) is 21.3. The van der Waals surface area contributed by atoms with Gasteiger partial charge in [0.25, 0.3) is 0 Å². The number of hydrogen-bond acceptors (Lipinski definition) is 5. The zero-order chi connectivity index (χ0) is 28.4. The highest BCUT2D eigenvalue weighted by molar-refractivity contribution is 6.62. The largest absolute Gasteiger partial charge is 0.494 e. The van der Waals surface area contributed by atoms with Gasteiger partial charge in [0.1, 0.15) is 11.4 Å². The zero-order valence-electron chi connectivity index (χ0n) is 24.6. The predicted octanol–water partition coefficient (Wildman–Crippen LogP) is 6.91. The molecule has 208 valence electrons. The van der Waals surface area contributed by atoms with Crippen LogP contribution in [-0.2, 0) is 18.8 Å². The van der Waals surface area contributed by atoms with E-state index in [0.29, 0.717) is 0 Å². The molecule has 0 spiro atoms. The summed E-state index contributed by atoms with van der Waals surface area (Å²) in [7, 11) is -0.374. The molecule has 7 heteroatoms. The molecule has 1 aliphatic heterocycles. The van der Waals surface area contributed by atoms with Gasteiger partial charge in [-0.05, 0) is 107 Å². The van der Waals surface area contributed by atoms with E-state index >= 15 is 0 Å². The molecule has 6 rings (SSSR count). The number of hydrogen-bond donors (Lipinski definition) is 1. The Morgan fingerprint density at radius 3 is 2.30 bits per heavy atom. The fraction of sp³-hybridized carbons (Fsp3) is 0.455. The first kappa shape index (κ1) is 27.0. The van der Waals surface area contributed by atoms with Crippen molar-refractivity contribution in [2.24, 2.45) is 5.92 Å². The second-order valence-electron chi connectivity index (χ2n) is 13.4. The number of nitrogens with one attached hydrogen (secondary N) is 1. The number of aromatic amines is 1. The fourth-order valence-corrected chi connectivity index (χ4v) is 5.90. The van der Waals surface area contributed by atoms with Crippen molar-refractivity contribution in [1.29, 1.82) is 0 Å². The molecule has 1 unspecified atom stereocenters. The van der Waals surface area contributed by atoms with Crippen molar-refractivity contribution in [2.75, 3.05) is 0 Å². The third-order valence-corrected chi connectivity index (χ3v) is 8.80. The lowest BCUT2D eigenvalue weighted by atomic mass is 9.78. The summed E-state index contributed by atoms with van der Waals surface area (Å²) in [5.74, 6) is 0.676. The van der Waals surface area contributed by atoms with Gasteiger partial charge in [0, 0.05) is 5.92 Å². The Kier molecular flexibility index (Phi) is 6.39. The van der Waals surface area contributed by atoms with Crippen LogP contribution in [0, 0.1) is 5.92 Å². The summed E-state index contributed by atoms with van der Waals surface area (Å²) < 4.78 is 18.2. The van der Waals surface area contributed by atoms with E-state index in [2.05, 4.69) is 87.3 Å². The molecule has 2 heterocycles. The van der Waals surface area contributed by atoms with Crippen molar-refractivity contribution < 1.29 is 18.8 Å². The fourth-order valence-electron chi connectivity index (χ4n) is 5.90. The van der Waals surface area contributed by atoms with Crippen molar-refractivity contribution >= 4 is 40.4 Å². The van der Waals surface area contributed by atoms with Gasteiger partial charge >= 0.3 is 13.1 Å². The van der Waals surface area contributed by atoms with Crippen LogP contribution in [0.5, 0.6) is 0 Å². The Morgan fingerprint density at radius 1 is 0.925 bits per heavy atom. The molecule has 2 atom stereocenters. The molecule has 2 aliphatic rings. The highest BCUT2D eigenvalue weighted by Crippen LogP contribution is 2.41. The van der Waals surface area contributed by atoms with Crippen molar-refractivity contribution in [3.8, 4) is 11.1 Å². The third kappa shape index (κ3) is 4.94. The van der Waals surface area contributed by atoms with E-state index in [0.717, 1.165) is 63.5 Å². The molecule has 6 nitrogen and oxygen atoms in total. The van der Waals surface area contributed by atoms with Crippen LogP contribution in [0.4, 0.5) is 0 Å². The van der Waals surface area contributed by atoms with Crippen molar-refractivity contribution in [1.82, 2.24) is 9.97 Å². The molecule has 3 aromatic carbocycles. The van der Waals surface area contributed by atoms with Gasteiger partial charge < -0.3 is 19.0 Å². The van der Waals surface area contributed by atoms with E-state index < -0.39 is 5.60 Å². The van der Waals surface area contributed by atoms with E-state index in [4.69, 9.17) is 19.0 Å². The maximum Gasteiger partial charge on any atom is 0.494 e. The van der Waals surface area contributed by atoms with Crippen LogP contribution in [0.2, 0.25) is 0 Å². The topological polar surface area (TPSA) is 73.4 Å². The van der Waals surface area contributed by atoms with Gasteiger partial charge in [0.05, 0.1) is 28.2 Å². The minimum atomic E-state index is -0.486. The van der Waals surface area contributed by atoms with Crippen LogP contribution in [0.3, 0.4) is 0 Å². The van der Waals surface area contributed by atoms with Crippen molar-refractivity contribution in [2.45, 2.75) is 90.4 Å². The molecule has 0 radical (unpaired) electrons. The van der Waals surface area contributed by atoms with Crippen LogP contribution in [0.15, 0.2) is 54.6 Å². The molecule has 1 aliphatic carbocycles.